The molecule has 0 spiro atoms. The molecule has 0 amide bonds. The Morgan fingerprint density at radius 1 is 1.36 bits per heavy atom. The third-order valence-electron chi connectivity index (χ3n) is 5.50. The fourth-order valence-corrected chi connectivity index (χ4v) is 6.30. The van der Waals surface area contributed by atoms with Gasteiger partial charge in [-0.2, -0.15) is 5.10 Å². The van der Waals surface area contributed by atoms with Crippen molar-refractivity contribution in [2.75, 3.05) is 5.32 Å². The predicted octanol–water partition coefficient (Wildman–Crippen LogP) is 5.07. The largest absolute Gasteiger partial charge is 0.336 e. The quantitative estimate of drug-likeness (QED) is 0.764. The maximum absolute atomic E-state index is 14.7. The molecule has 3 atom stereocenters. The molecule has 1 aliphatic heterocycles. The van der Waals surface area contributed by atoms with E-state index in [-0.39, 0.29) is 15.3 Å². The first-order valence-electron chi connectivity index (χ1n) is 9.11. The van der Waals surface area contributed by atoms with Crippen LogP contribution in [0.1, 0.15) is 61.8 Å². The third-order valence-corrected chi connectivity index (χ3v) is 7.45. The van der Waals surface area contributed by atoms with Crippen molar-refractivity contribution in [3.8, 4) is 0 Å². The lowest BCUT2D eigenvalue weighted by molar-refractivity contribution is 0.488. The number of halogens is 1. The highest BCUT2D eigenvalue weighted by Crippen LogP contribution is 2.40. The molecule has 2 aromatic rings. The second kappa shape index (κ2) is 7.16. The summed E-state index contributed by atoms with van der Waals surface area (Å²) in [4.78, 5) is 0. The molecule has 134 valence electrons. The van der Waals surface area contributed by atoms with Gasteiger partial charge in [-0.25, -0.2) is 4.39 Å². The maximum Gasteiger partial charge on any atom is 0.152 e. The van der Waals surface area contributed by atoms with Crippen LogP contribution in [-0.2, 0) is 32.1 Å². The smallest absolute Gasteiger partial charge is 0.152 e. The summed E-state index contributed by atoms with van der Waals surface area (Å²) in [7, 11) is -0.144. The van der Waals surface area contributed by atoms with Gasteiger partial charge in [0.15, 0.2) is 11.6 Å². The fraction of sp³-hybridized carbons (Fsp3) is 0.526. The number of anilines is 2. The standard InChI is InChI=1S/C19H24FN3S2/c1-2-3-12-4-5-13(8-12)17-9-18(23-22-17)21-16-7-6-14-10-25(24)11-15(14)19(16)20/h6-7,9,12-13H,2-5,8,10-11H2,1H3,(H2,21,22,23). The Kier molecular flexibility index (Phi) is 4.91. The van der Waals surface area contributed by atoms with Gasteiger partial charge in [0.25, 0.3) is 0 Å². The number of aromatic amines is 1. The monoisotopic (exact) mass is 377 g/mol. The molecule has 0 bridgehead atoms. The summed E-state index contributed by atoms with van der Waals surface area (Å²) < 4.78 is 14.7. The molecule has 25 heavy (non-hydrogen) atoms. The predicted molar refractivity (Wildman–Crippen MR) is 105 cm³/mol. The Bertz CT molecular complexity index is 802. The van der Waals surface area contributed by atoms with E-state index in [1.165, 1.54) is 37.8 Å². The van der Waals surface area contributed by atoms with Gasteiger partial charge in [0.1, 0.15) is 0 Å². The van der Waals surface area contributed by atoms with E-state index >= 15 is 0 Å². The number of benzene rings is 1. The molecule has 1 aromatic heterocycles. The van der Waals surface area contributed by atoms with Crippen molar-refractivity contribution in [2.24, 2.45) is 5.92 Å². The second-order valence-corrected chi connectivity index (χ2v) is 10.2. The molecule has 3 unspecified atom stereocenters. The van der Waals surface area contributed by atoms with Crippen molar-refractivity contribution in [1.29, 1.82) is 0 Å². The average molecular weight is 378 g/mol. The Balaban J connectivity index is 1.47. The van der Waals surface area contributed by atoms with Crippen LogP contribution in [0.15, 0.2) is 18.2 Å². The van der Waals surface area contributed by atoms with Gasteiger partial charge in [-0.05, 0) is 36.8 Å². The molecule has 6 heteroatoms. The van der Waals surface area contributed by atoms with Crippen LogP contribution in [-0.4, -0.2) is 10.2 Å². The van der Waals surface area contributed by atoms with Crippen LogP contribution in [0.25, 0.3) is 0 Å². The van der Waals surface area contributed by atoms with Crippen molar-refractivity contribution in [1.82, 2.24) is 10.2 Å². The van der Waals surface area contributed by atoms with Gasteiger partial charge in [0.2, 0.25) is 0 Å². The van der Waals surface area contributed by atoms with E-state index in [9.17, 15) is 4.39 Å². The Morgan fingerprint density at radius 3 is 3.08 bits per heavy atom. The number of nitrogens with zero attached hydrogens (tertiary/aromatic N) is 1. The molecule has 1 fully saturated rings. The van der Waals surface area contributed by atoms with Gasteiger partial charge in [0, 0.05) is 34.7 Å². The summed E-state index contributed by atoms with van der Waals surface area (Å²) in [6.07, 6.45) is 6.35. The zero-order valence-electron chi connectivity index (χ0n) is 14.5. The summed E-state index contributed by atoms with van der Waals surface area (Å²) in [6, 6.07) is 5.86. The van der Waals surface area contributed by atoms with Crippen molar-refractivity contribution in [3.63, 3.8) is 0 Å². The van der Waals surface area contributed by atoms with Crippen LogP contribution in [0.2, 0.25) is 0 Å². The molecule has 0 radical (unpaired) electrons. The first kappa shape index (κ1) is 17.2. The number of rotatable bonds is 5. The summed E-state index contributed by atoms with van der Waals surface area (Å²) in [6.45, 7) is 2.26. The molecule has 1 saturated carbocycles. The van der Waals surface area contributed by atoms with Crippen molar-refractivity contribution in [3.05, 3.63) is 40.8 Å². The topological polar surface area (TPSA) is 40.7 Å². The lowest BCUT2D eigenvalue weighted by atomic mass is 9.99. The maximum atomic E-state index is 14.7. The Morgan fingerprint density at radius 2 is 2.24 bits per heavy atom. The Labute approximate surface area is 155 Å². The van der Waals surface area contributed by atoms with Crippen LogP contribution >= 0.6 is 0 Å². The molecule has 4 rings (SSSR count). The minimum Gasteiger partial charge on any atom is -0.336 e. The first-order valence-corrected chi connectivity index (χ1v) is 11.6. The van der Waals surface area contributed by atoms with Gasteiger partial charge >= 0.3 is 0 Å². The second-order valence-electron chi connectivity index (χ2n) is 7.29. The van der Waals surface area contributed by atoms with Crippen LogP contribution in [0.5, 0.6) is 0 Å². The van der Waals surface area contributed by atoms with Gasteiger partial charge in [-0.3, -0.25) is 5.10 Å². The molecular formula is C19H24FN3S2. The van der Waals surface area contributed by atoms with Crippen LogP contribution in [0, 0.1) is 11.7 Å². The molecule has 2 aliphatic rings. The zero-order chi connectivity index (χ0) is 17.4. The lowest BCUT2D eigenvalue weighted by Crippen LogP contribution is -1.98. The molecule has 2 heterocycles. The van der Waals surface area contributed by atoms with E-state index in [0.717, 1.165) is 22.8 Å². The van der Waals surface area contributed by atoms with E-state index < -0.39 is 0 Å². The summed E-state index contributed by atoms with van der Waals surface area (Å²) in [5, 5.41) is 10.7. The van der Waals surface area contributed by atoms with E-state index in [0.29, 0.717) is 23.2 Å². The van der Waals surface area contributed by atoms with Crippen molar-refractivity contribution in [2.45, 2.75) is 56.5 Å². The number of fused-ring (bicyclic) bond motifs is 1. The minimum absolute atomic E-state index is 0.144. The number of H-pyrrole nitrogens is 1. The fourth-order valence-electron chi connectivity index (χ4n) is 4.21. The van der Waals surface area contributed by atoms with Gasteiger partial charge in [0.05, 0.1) is 5.69 Å². The highest BCUT2D eigenvalue weighted by atomic mass is 32.8. The first-order chi connectivity index (χ1) is 12.1. The van der Waals surface area contributed by atoms with E-state index in [2.05, 4.69) is 22.4 Å². The molecule has 2 N–H and O–H groups in total. The molecule has 1 aliphatic carbocycles. The minimum atomic E-state index is -0.161. The molecule has 1 aromatic carbocycles. The van der Waals surface area contributed by atoms with E-state index in [1.54, 1.807) is 0 Å². The molecule has 0 saturated heterocycles. The lowest BCUT2D eigenvalue weighted by Gasteiger charge is -2.09. The summed E-state index contributed by atoms with van der Waals surface area (Å²) in [5.41, 5.74) is 3.53. The number of hydrogen-bond acceptors (Lipinski definition) is 3. The average Bonchev–Trinajstić information content (AvgIpc) is 3.30. The number of aromatic nitrogens is 2. The SMILES string of the molecule is CCCC1CCC(c2cc(Nc3ccc4c(c3F)CS(=S)C4)n[nH]2)C1. The van der Waals surface area contributed by atoms with Crippen LogP contribution < -0.4 is 5.32 Å². The van der Waals surface area contributed by atoms with Gasteiger partial charge in [-0.1, -0.05) is 37.0 Å². The summed E-state index contributed by atoms with van der Waals surface area (Å²) in [5.74, 6) is 3.45. The van der Waals surface area contributed by atoms with Crippen molar-refractivity contribution >= 4 is 32.1 Å². The number of hydrogen-bond donors (Lipinski definition) is 2. The highest BCUT2D eigenvalue weighted by molar-refractivity contribution is 8.28. The third kappa shape index (κ3) is 3.51. The Hall–Kier alpha value is -1.27. The van der Waals surface area contributed by atoms with E-state index in [4.69, 9.17) is 11.2 Å². The molecular weight excluding hydrogens is 353 g/mol. The van der Waals surface area contributed by atoms with Crippen LogP contribution in [0.4, 0.5) is 15.9 Å². The van der Waals surface area contributed by atoms with Gasteiger partial charge < -0.3 is 5.32 Å². The van der Waals surface area contributed by atoms with Crippen LogP contribution in [0.3, 0.4) is 0 Å². The summed E-state index contributed by atoms with van der Waals surface area (Å²) >= 11 is 5.36. The highest BCUT2D eigenvalue weighted by Gasteiger charge is 2.27. The number of nitrogens with one attached hydrogen (secondary N) is 2. The normalized spacial score (nSPS) is 25.3. The van der Waals surface area contributed by atoms with Crippen molar-refractivity contribution < 1.29 is 4.39 Å². The zero-order valence-corrected chi connectivity index (χ0v) is 16.1. The van der Waals surface area contributed by atoms with Gasteiger partial charge in [-0.15, -0.1) is 9.45 Å². The molecule has 3 nitrogen and oxygen atoms in total. The van der Waals surface area contributed by atoms with E-state index in [1.807, 2.05) is 18.2 Å².